The molecular formula is C19H20I2N2O3. The maximum atomic E-state index is 12.0. The second-order valence-corrected chi connectivity index (χ2v) is 8.51. The van der Waals surface area contributed by atoms with E-state index >= 15 is 0 Å². The summed E-state index contributed by atoms with van der Waals surface area (Å²) in [7, 11) is 0. The zero-order valence-electron chi connectivity index (χ0n) is 14.7. The van der Waals surface area contributed by atoms with E-state index in [1.54, 1.807) is 6.07 Å². The lowest BCUT2D eigenvalue weighted by atomic mass is 10.0. The molecule has 1 amide bonds. The highest BCUT2D eigenvalue weighted by Gasteiger charge is 2.10. The molecule has 0 aliphatic heterocycles. The number of carbonyl (C=O) groups excluding carboxylic acids is 1. The number of hydrogen-bond acceptors (Lipinski definition) is 4. The van der Waals surface area contributed by atoms with Crippen molar-refractivity contribution in [3.63, 3.8) is 0 Å². The van der Waals surface area contributed by atoms with E-state index in [1.807, 2.05) is 53.8 Å². The molecule has 2 aromatic carbocycles. The molecule has 0 fully saturated rings. The first-order chi connectivity index (χ1) is 12.3. The molecule has 0 unspecified atom stereocenters. The summed E-state index contributed by atoms with van der Waals surface area (Å²) in [5, 5.41) is 13.9. The first-order valence-corrected chi connectivity index (χ1v) is 10.2. The van der Waals surface area contributed by atoms with E-state index in [0.717, 1.165) is 18.3 Å². The molecule has 0 spiro atoms. The molecule has 0 bridgehead atoms. The molecule has 0 aliphatic carbocycles. The van der Waals surface area contributed by atoms with Gasteiger partial charge in [-0.15, -0.1) is 0 Å². The van der Waals surface area contributed by atoms with E-state index in [2.05, 4.69) is 47.0 Å². The van der Waals surface area contributed by atoms with E-state index in [9.17, 15) is 9.90 Å². The number of rotatable bonds is 6. The molecule has 2 rings (SSSR count). The minimum Gasteiger partial charge on any atom is -0.506 e. The van der Waals surface area contributed by atoms with Crippen LogP contribution in [0.1, 0.15) is 36.5 Å². The Hall–Kier alpha value is -1.36. The van der Waals surface area contributed by atoms with Gasteiger partial charge in [-0.05, 0) is 87.3 Å². The maximum Gasteiger partial charge on any atom is 0.277 e. The van der Waals surface area contributed by atoms with Crippen LogP contribution in [-0.2, 0) is 4.79 Å². The second-order valence-electron chi connectivity index (χ2n) is 6.10. The molecule has 0 atom stereocenters. The first-order valence-electron chi connectivity index (χ1n) is 8.01. The highest BCUT2D eigenvalue weighted by atomic mass is 127. The largest absolute Gasteiger partial charge is 0.506 e. The van der Waals surface area contributed by atoms with Gasteiger partial charge < -0.3 is 9.84 Å². The molecule has 2 N–H and O–H groups in total. The van der Waals surface area contributed by atoms with Crippen molar-refractivity contribution in [1.82, 2.24) is 5.43 Å². The van der Waals surface area contributed by atoms with Gasteiger partial charge in [-0.3, -0.25) is 4.79 Å². The molecule has 2 aromatic rings. The quantitative estimate of drug-likeness (QED) is 0.300. The Bertz CT molecular complexity index is 836. The Kier molecular flexibility index (Phi) is 7.69. The SMILES string of the molecule is Cc1ccc(C(C)C)c(OCC(=O)NN=Cc2cc(I)cc(I)c2O)c1. The van der Waals surface area contributed by atoms with E-state index < -0.39 is 0 Å². The number of benzene rings is 2. The third-order valence-electron chi connectivity index (χ3n) is 3.60. The van der Waals surface area contributed by atoms with Crippen molar-refractivity contribution in [3.05, 3.63) is 54.2 Å². The van der Waals surface area contributed by atoms with Gasteiger partial charge in [0.2, 0.25) is 0 Å². The van der Waals surface area contributed by atoms with Crippen LogP contribution in [-0.4, -0.2) is 23.8 Å². The summed E-state index contributed by atoms with van der Waals surface area (Å²) in [4.78, 5) is 12.0. The molecular weight excluding hydrogens is 558 g/mol. The van der Waals surface area contributed by atoms with Gasteiger partial charge in [0.1, 0.15) is 11.5 Å². The summed E-state index contributed by atoms with van der Waals surface area (Å²) < 4.78 is 7.37. The number of hydrazone groups is 1. The molecule has 0 saturated carbocycles. The topological polar surface area (TPSA) is 70.9 Å². The fraction of sp³-hybridized carbons (Fsp3) is 0.263. The van der Waals surface area contributed by atoms with Crippen LogP contribution in [0.15, 0.2) is 35.4 Å². The predicted molar refractivity (Wildman–Crippen MR) is 120 cm³/mol. The van der Waals surface area contributed by atoms with Gasteiger partial charge >= 0.3 is 0 Å². The highest BCUT2D eigenvalue weighted by molar-refractivity contribution is 14.1. The summed E-state index contributed by atoms with van der Waals surface area (Å²) >= 11 is 4.21. The number of halogens is 2. The van der Waals surface area contributed by atoms with E-state index in [1.165, 1.54) is 6.21 Å². The normalized spacial score (nSPS) is 11.2. The number of hydrogen-bond donors (Lipinski definition) is 2. The Morgan fingerprint density at radius 2 is 2.04 bits per heavy atom. The van der Waals surface area contributed by atoms with Gasteiger partial charge in [0.15, 0.2) is 6.61 Å². The minimum atomic E-state index is -0.364. The summed E-state index contributed by atoms with van der Waals surface area (Å²) in [6.45, 7) is 6.01. The highest BCUT2D eigenvalue weighted by Crippen LogP contribution is 2.27. The van der Waals surface area contributed by atoms with Crippen molar-refractivity contribution in [2.45, 2.75) is 26.7 Å². The molecule has 0 saturated heterocycles. The van der Waals surface area contributed by atoms with Crippen molar-refractivity contribution in [1.29, 1.82) is 0 Å². The molecule has 0 heterocycles. The standard InChI is InChI=1S/C19H20I2N2O3/c1-11(2)15-5-4-12(3)6-17(15)26-10-18(24)23-22-9-13-7-14(20)8-16(21)19(13)25/h4-9,11,25H,10H2,1-3H3,(H,23,24). The molecule has 138 valence electrons. The Morgan fingerprint density at radius 1 is 1.31 bits per heavy atom. The second kappa shape index (κ2) is 9.54. The number of ether oxygens (including phenoxy) is 1. The predicted octanol–water partition coefficient (Wildman–Crippen LogP) is 4.56. The van der Waals surface area contributed by atoms with Crippen LogP contribution in [0, 0.1) is 14.1 Å². The number of carbonyl (C=O) groups is 1. The molecule has 5 nitrogen and oxygen atoms in total. The van der Waals surface area contributed by atoms with Crippen LogP contribution in [0.25, 0.3) is 0 Å². The zero-order valence-corrected chi connectivity index (χ0v) is 19.0. The summed E-state index contributed by atoms with van der Waals surface area (Å²) in [5.74, 6) is 0.792. The molecule has 7 heteroatoms. The average Bonchev–Trinajstić information content (AvgIpc) is 2.57. The van der Waals surface area contributed by atoms with Crippen molar-refractivity contribution < 1.29 is 14.6 Å². The number of aryl methyl sites for hydroxylation is 1. The lowest BCUT2D eigenvalue weighted by molar-refractivity contribution is -0.123. The van der Waals surface area contributed by atoms with Gasteiger partial charge in [0, 0.05) is 9.13 Å². The third-order valence-corrected chi connectivity index (χ3v) is 5.05. The summed E-state index contributed by atoms with van der Waals surface area (Å²) in [6.07, 6.45) is 1.42. The van der Waals surface area contributed by atoms with Gasteiger partial charge in [-0.2, -0.15) is 5.10 Å². The maximum absolute atomic E-state index is 12.0. The number of phenolic OH excluding ortho intramolecular Hbond substituents is 1. The van der Waals surface area contributed by atoms with Crippen LogP contribution in [0.2, 0.25) is 0 Å². The van der Waals surface area contributed by atoms with E-state index in [-0.39, 0.29) is 18.3 Å². The van der Waals surface area contributed by atoms with Crippen LogP contribution in [0.5, 0.6) is 11.5 Å². The van der Waals surface area contributed by atoms with Crippen LogP contribution >= 0.6 is 45.2 Å². The van der Waals surface area contributed by atoms with Crippen LogP contribution < -0.4 is 10.2 Å². The van der Waals surface area contributed by atoms with Crippen LogP contribution in [0.4, 0.5) is 0 Å². The summed E-state index contributed by atoms with van der Waals surface area (Å²) in [5.41, 5.74) is 5.10. The van der Waals surface area contributed by atoms with Crippen molar-refractivity contribution in [3.8, 4) is 11.5 Å². The molecule has 0 aromatic heterocycles. The van der Waals surface area contributed by atoms with Gasteiger partial charge in [-0.1, -0.05) is 26.0 Å². The number of phenols is 1. The number of nitrogens with one attached hydrogen (secondary N) is 1. The van der Waals surface area contributed by atoms with E-state index in [0.29, 0.717) is 17.2 Å². The number of amides is 1. The van der Waals surface area contributed by atoms with Gasteiger partial charge in [0.25, 0.3) is 5.91 Å². The number of aromatic hydroxyl groups is 1. The minimum absolute atomic E-state index is 0.129. The lowest BCUT2D eigenvalue weighted by Gasteiger charge is -2.14. The fourth-order valence-electron chi connectivity index (χ4n) is 2.28. The molecule has 0 radical (unpaired) electrons. The van der Waals surface area contributed by atoms with E-state index in [4.69, 9.17) is 4.74 Å². The average molecular weight is 578 g/mol. The van der Waals surface area contributed by atoms with Crippen molar-refractivity contribution >= 4 is 57.3 Å². The molecule has 0 aliphatic rings. The Morgan fingerprint density at radius 3 is 2.73 bits per heavy atom. The molecule has 26 heavy (non-hydrogen) atoms. The summed E-state index contributed by atoms with van der Waals surface area (Å²) in [6, 6.07) is 9.62. The fourth-order valence-corrected chi connectivity index (χ4v) is 4.17. The van der Waals surface area contributed by atoms with Crippen LogP contribution in [0.3, 0.4) is 0 Å². The van der Waals surface area contributed by atoms with Crippen molar-refractivity contribution in [2.75, 3.05) is 6.61 Å². The monoisotopic (exact) mass is 578 g/mol. The lowest BCUT2D eigenvalue weighted by Crippen LogP contribution is -2.25. The van der Waals surface area contributed by atoms with Crippen molar-refractivity contribution in [2.24, 2.45) is 5.10 Å². The number of nitrogens with zero attached hydrogens (tertiary/aromatic N) is 1. The first kappa shape index (κ1) is 20.9. The Balaban J connectivity index is 1.97. The van der Waals surface area contributed by atoms with Gasteiger partial charge in [-0.25, -0.2) is 5.43 Å². The smallest absolute Gasteiger partial charge is 0.277 e. The zero-order chi connectivity index (χ0) is 19.3. The Labute approximate surface area is 180 Å². The third kappa shape index (κ3) is 5.83. The van der Waals surface area contributed by atoms with Gasteiger partial charge in [0.05, 0.1) is 9.78 Å².